The maximum atomic E-state index is 6.32. The fourth-order valence-electron chi connectivity index (χ4n) is 3.68. The van der Waals surface area contributed by atoms with Gasteiger partial charge in [0, 0.05) is 30.7 Å². The van der Waals surface area contributed by atoms with Gasteiger partial charge in [0.2, 0.25) is 5.95 Å². The van der Waals surface area contributed by atoms with E-state index in [0.29, 0.717) is 17.4 Å². The van der Waals surface area contributed by atoms with E-state index in [9.17, 15) is 0 Å². The first-order valence-corrected chi connectivity index (χ1v) is 9.67. The monoisotopic (exact) mass is 399 g/mol. The minimum atomic E-state index is 0.455. The molecule has 0 fully saturated rings. The maximum absolute atomic E-state index is 6.32. The van der Waals surface area contributed by atoms with Crippen LogP contribution in [-0.2, 0) is 0 Å². The Bertz CT molecular complexity index is 1250. The maximum Gasteiger partial charge on any atom is 0.227 e. The molecule has 3 aromatic heterocycles. The van der Waals surface area contributed by atoms with Gasteiger partial charge in [0.05, 0.1) is 35.9 Å². The molecule has 0 atom stereocenters. The van der Waals surface area contributed by atoms with E-state index >= 15 is 0 Å². The number of methoxy groups -OCH3 is 1. The van der Waals surface area contributed by atoms with Gasteiger partial charge in [-0.15, -0.1) is 0 Å². The molecule has 0 unspecified atom stereocenters. The van der Waals surface area contributed by atoms with Crippen molar-refractivity contribution >= 4 is 28.5 Å². The second-order valence-electron chi connectivity index (χ2n) is 6.93. The summed E-state index contributed by atoms with van der Waals surface area (Å²) in [6, 6.07) is 11.5. The third-order valence-electron chi connectivity index (χ3n) is 5.09. The van der Waals surface area contributed by atoms with E-state index in [1.54, 1.807) is 13.3 Å². The van der Waals surface area contributed by atoms with Crippen molar-refractivity contribution in [3.8, 4) is 17.0 Å². The van der Waals surface area contributed by atoms with Crippen LogP contribution < -0.4 is 20.7 Å². The Kier molecular flexibility index (Phi) is 4.44. The van der Waals surface area contributed by atoms with Crippen molar-refractivity contribution in [1.82, 2.24) is 19.6 Å². The van der Waals surface area contributed by atoms with Crippen molar-refractivity contribution in [2.45, 2.75) is 6.42 Å². The number of rotatable bonds is 5. The van der Waals surface area contributed by atoms with Crippen LogP contribution in [0.2, 0.25) is 0 Å². The number of nitrogens with two attached hydrogens (primary N) is 1. The van der Waals surface area contributed by atoms with Crippen LogP contribution in [0.3, 0.4) is 0 Å². The predicted octanol–water partition coefficient (Wildman–Crippen LogP) is 3.85. The van der Waals surface area contributed by atoms with Crippen molar-refractivity contribution < 1.29 is 4.74 Å². The molecule has 8 heteroatoms. The number of anilines is 4. The van der Waals surface area contributed by atoms with E-state index < -0.39 is 0 Å². The fraction of sp³-hybridized carbons (Fsp3) is 0.136. The number of nitrogens with one attached hydrogen (secondary N) is 1. The SMILES string of the molecule is COc1ccc(N)c(N2C=CCC2)c1Nc1nccc(-c2cnn3ccccc23)n1. The van der Waals surface area contributed by atoms with Gasteiger partial charge in [-0.25, -0.2) is 14.5 Å². The zero-order valence-electron chi connectivity index (χ0n) is 16.5. The summed E-state index contributed by atoms with van der Waals surface area (Å²) in [7, 11) is 1.64. The number of hydrogen-bond acceptors (Lipinski definition) is 7. The Hall–Kier alpha value is -4.07. The molecule has 5 rings (SSSR count). The number of pyridine rings is 1. The molecule has 1 aromatic carbocycles. The highest BCUT2D eigenvalue weighted by Crippen LogP contribution is 2.42. The Morgan fingerprint density at radius 2 is 2.10 bits per heavy atom. The first kappa shape index (κ1) is 18.0. The number of fused-ring (bicyclic) bond motifs is 1. The lowest BCUT2D eigenvalue weighted by Crippen LogP contribution is -2.16. The number of hydrogen-bond donors (Lipinski definition) is 2. The molecule has 0 bridgehead atoms. The van der Waals surface area contributed by atoms with E-state index in [4.69, 9.17) is 15.5 Å². The second kappa shape index (κ2) is 7.40. The molecule has 0 radical (unpaired) electrons. The van der Waals surface area contributed by atoms with Crippen LogP contribution in [0, 0.1) is 0 Å². The van der Waals surface area contributed by atoms with Gasteiger partial charge in [-0.3, -0.25) is 0 Å². The molecule has 150 valence electrons. The molecule has 1 aliphatic rings. The van der Waals surface area contributed by atoms with Gasteiger partial charge in [0.15, 0.2) is 0 Å². The van der Waals surface area contributed by atoms with Crippen molar-refractivity contribution in [2.75, 3.05) is 29.6 Å². The third kappa shape index (κ3) is 3.08. The number of aromatic nitrogens is 4. The van der Waals surface area contributed by atoms with E-state index in [1.807, 2.05) is 59.5 Å². The summed E-state index contributed by atoms with van der Waals surface area (Å²) in [6.45, 7) is 0.856. The van der Waals surface area contributed by atoms with E-state index in [2.05, 4.69) is 26.4 Å². The molecular weight excluding hydrogens is 378 g/mol. The van der Waals surface area contributed by atoms with Crippen LogP contribution >= 0.6 is 0 Å². The van der Waals surface area contributed by atoms with Crippen LogP contribution in [0.25, 0.3) is 16.8 Å². The average molecular weight is 399 g/mol. The zero-order valence-corrected chi connectivity index (χ0v) is 16.5. The lowest BCUT2D eigenvalue weighted by Gasteiger charge is -2.23. The van der Waals surface area contributed by atoms with Crippen LogP contribution in [0.15, 0.2) is 67.3 Å². The minimum Gasteiger partial charge on any atom is -0.494 e. The van der Waals surface area contributed by atoms with Gasteiger partial charge >= 0.3 is 0 Å². The van der Waals surface area contributed by atoms with Gasteiger partial charge in [0.1, 0.15) is 11.4 Å². The predicted molar refractivity (Wildman–Crippen MR) is 118 cm³/mol. The summed E-state index contributed by atoms with van der Waals surface area (Å²) >= 11 is 0. The van der Waals surface area contributed by atoms with E-state index in [1.165, 1.54) is 0 Å². The van der Waals surface area contributed by atoms with Crippen LogP contribution in [0.4, 0.5) is 23.0 Å². The van der Waals surface area contributed by atoms with Crippen molar-refractivity contribution in [3.05, 3.63) is 67.3 Å². The van der Waals surface area contributed by atoms with Gasteiger partial charge in [-0.2, -0.15) is 5.10 Å². The molecule has 0 saturated heterocycles. The summed E-state index contributed by atoms with van der Waals surface area (Å²) in [5, 5.41) is 7.73. The molecule has 0 amide bonds. The molecule has 1 aliphatic heterocycles. The Balaban J connectivity index is 1.56. The molecule has 4 heterocycles. The molecule has 0 saturated carbocycles. The smallest absolute Gasteiger partial charge is 0.227 e. The highest BCUT2D eigenvalue weighted by molar-refractivity contribution is 5.89. The van der Waals surface area contributed by atoms with Crippen LogP contribution in [0.1, 0.15) is 6.42 Å². The summed E-state index contributed by atoms with van der Waals surface area (Å²) in [5.74, 6) is 1.13. The Labute approximate surface area is 173 Å². The van der Waals surface area contributed by atoms with Gasteiger partial charge < -0.3 is 20.7 Å². The molecule has 4 aromatic rings. The van der Waals surface area contributed by atoms with Crippen molar-refractivity contribution in [3.63, 3.8) is 0 Å². The number of benzene rings is 1. The van der Waals surface area contributed by atoms with Crippen molar-refractivity contribution in [2.24, 2.45) is 0 Å². The van der Waals surface area contributed by atoms with E-state index in [-0.39, 0.29) is 0 Å². The Morgan fingerprint density at radius 1 is 1.17 bits per heavy atom. The Morgan fingerprint density at radius 3 is 2.93 bits per heavy atom. The van der Waals surface area contributed by atoms with Crippen molar-refractivity contribution in [1.29, 1.82) is 0 Å². The number of ether oxygens (including phenoxy) is 1. The molecule has 30 heavy (non-hydrogen) atoms. The number of nitrogen functional groups attached to an aromatic ring is 1. The standard InChI is InChI=1S/C22H21N7O/c1-30-19-8-7-16(23)21(28-11-4-5-12-28)20(19)27-22-24-10-9-17(26-22)15-14-25-29-13-3-2-6-18(15)29/h2-4,6-11,13-14H,5,12,23H2,1H3,(H,24,26,27). The summed E-state index contributed by atoms with van der Waals surface area (Å²) in [4.78, 5) is 11.2. The molecule has 0 spiro atoms. The summed E-state index contributed by atoms with van der Waals surface area (Å²) in [6.07, 6.45) is 10.6. The highest BCUT2D eigenvalue weighted by atomic mass is 16.5. The lowest BCUT2D eigenvalue weighted by atomic mass is 10.2. The average Bonchev–Trinajstić information content (AvgIpc) is 3.44. The fourth-order valence-corrected chi connectivity index (χ4v) is 3.68. The van der Waals surface area contributed by atoms with Crippen LogP contribution in [0.5, 0.6) is 5.75 Å². The first-order valence-electron chi connectivity index (χ1n) is 9.67. The lowest BCUT2D eigenvalue weighted by molar-refractivity contribution is 0.417. The quantitative estimate of drug-likeness (QED) is 0.492. The van der Waals surface area contributed by atoms with Gasteiger partial charge in [-0.05, 0) is 36.8 Å². The summed E-state index contributed by atoms with van der Waals surface area (Å²) < 4.78 is 7.42. The van der Waals surface area contributed by atoms with E-state index in [0.717, 1.165) is 41.1 Å². The van der Waals surface area contributed by atoms with Gasteiger partial charge in [0.25, 0.3) is 0 Å². The number of nitrogens with zero attached hydrogens (tertiary/aromatic N) is 5. The molecule has 0 aliphatic carbocycles. The second-order valence-corrected chi connectivity index (χ2v) is 6.93. The highest BCUT2D eigenvalue weighted by Gasteiger charge is 2.20. The van der Waals surface area contributed by atoms with Gasteiger partial charge in [-0.1, -0.05) is 12.1 Å². The molecular formula is C22H21N7O. The first-order chi connectivity index (χ1) is 14.7. The normalized spacial score (nSPS) is 13.2. The molecule has 8 nitrogen and oxygen atoms in total. The zero-order chi connectivity index (χ0) is 20.5. The largest absolute Gasteiger partial charge is 0.494 e. The topological polar surface area (TPSA) is 93.6 Å². The summed E-state index contributed by atoms with van der Waals surface area (Å²) in [5.41, 5.74) is 11.3. The van der Waals surface area contributed by atoms with Crippen LogP contribution in [-0.4, -0.2) is 33.2 Å². The minimum absolute atomic E-state index is 0.455. The third-order valence-corrected chi connectivity index (χ3v) is 5.09. The molecule has 3 N–H and O–H groups in total.